The number of carbonyl (C=O) groups is 1. The number of hydrogen-bond donors (Lipinski definition) is 0. The van der Waals surface area contributed by atoms with Gasteiger partial charge in [0.1, 0.15) is 0 Å². The summed E-state index contributed by atoms with van der Waals surface area (Å²) in [7, 11) is 0. The number of benzene rings is 1. The van der Waals surface area contributed by atoms with Crippen LogP contribution in [0.4, 0.5) is 0 Å². The molecule has 2 nitrogen and oxygen atoms in total. The number of para-hydroxylation sites is 1. The minimum Gasteiger partial charge on any atom is -0.289 e. The summed E-state index contributed by atoms with van der Waals surface area (Å²) in [5.41, 5.74) is 2.65. The van der Waals surface area contributed by atoms with Gasteiger partial charge >= 0.3 is 0 Å². The summed E-state index contributed by atoms with van der Waals surface area (Å²) in [4.78, 5) is 16.2. The molecule has 0 atom stereocenters. The van der Waals surface area contributed by atoms with Crippen LogP contribution < -0.4 is 10.6 Å². The van der Waals surface area contributed by atoms with Gasteiger partial charge in [-0.1, -0.05) is 24.3 Å². The van der Waals surface area contributed by atoms with Crippen LogP contribution in [0.25, 0.3) is 5.57 Å². The molecule has 1 heterocycles. The zero-order chi connectivity index (χ0) is 10.4. The van der Waals surface area contributed by atoms with Gasteiger partial charge in [0.25, 0.3) is 0 Å². The molecule has 2 heteroatoms. The summed E-state index contributed by atoms with van der Waals surface area (Å²) in [6.45, 7) is 1.98. The smallest absolute Gasteiger partial charge is 0.188 e. The number of nitrogens with zero attached hydrogens (tertiary/aromatic N) is 1. The van der Waals surface area contributed by atoms with E-state index in [-0.39, 0.29) is 5.78 Å². The van der Waals surface area contributed by atoms with Crippen molar-refractivity contribution in [1.29, 1.82) is 0 Å². The van der Waals surface area contributed by atoms with Crippen molar-refractivity contribution in [3.63, 3.8) is 0 Å². The third-order valence-electron chi connectivity index (χ3n) is 2.75. The number of rotatable bonds is 0. The number of carbonyl (C=O) groups excluding carboxylic acids is 1. The average molecular weight is 195 g/mol. The van der Waals surface area contributed by atoms with Crippen molar-refractivity contribution < 1.29 is 4.79 Å². The Morgan fingerprint density at radius 2 is 1.93 bits per heavy atom. The Labute approximate surface area is 87.0 Å². The van der Waals surface area contributed by atoms with Crippen LogP contribution in [0.3, 0.4) is 0 Å². The highest BCUT2D eigenvalue weighted by Gasteiger charge is 2.22. The van der Waals surface area contributed by atoms with E-state index in [1.54, 1.807) is 6.08 Å². The standard InChI is InChI=1S/C13H9NO/c1-8-6-7-11(15)12-9-4-2-3-5-10(9)14-13(8)12/h2-7H,1H3. The van der Waals surface area contributed by atoms with Gasteiger partial charge in [-0.15, -0.1) is 0 Å². The van der Waals surface area contributed by atoms with Gasteiger partial charge in [0.05, 0.1) is 16.6 Å². The van der Waals surface area contributed by atoms with Gasteiger partial charge in [-0.05, 0) is 24.6 Å². The maximum Gasteiger partial charge on any atom is 0.188 e. The SMILES string of the molecule is CC1=C2N=c3ccccc3=C2C(=O)C=C1. The Kier molecular flexibility index (Phi) is 1.54. The quantitative estimate of drug-likeness (QED) is 0.604. The molecule has 15 heavy (non-hydrogen) atoms. The Morgan fingerprint density at radius 3 is 2.80 bits per heavy atom. The largest absolute Gasteiger partial charge is 0.289 e. The summed E-state index contributed by atoms with van der Waals surface area (Å²) in [6.07, 6.45) is 3.45. The maximum absolute atomic E-state index is 11.8. The van der Waals surface area contributed by atoms with E-state index in [1.165, 1.54) is 0 Å². The van der Waals surface area contributed by atoms with Crippen LogP contribution in [0, 0.1) is 0 Å². The third kappa shape index (κ3) is 1.05. The lowest BCUT2D eigenvalue weighted by molar-refractivity contribution is -0.109. The van der Waals surface area contributed by atoms with Gasteiger partial charge < -0.3 is 0 Å². The number of fused-ring (bicyclic) bond motifs is 2. The molecular weight excluding hydrogens is 186 g/mol. The topological polar surface area (TPSA) is 29.4 Å². The highest BCUT2D eigenvalue weighted by atomic mass is 16.1. The van der Waals surface area contributed by atoms with Crippen molar-refractivity contribution in [3.8, 4) is 0 Å². The lowest BCUT2D eigenvalue weighted by Crippen LogP contribution is -2.24. The fourth-order valence-corrected chi connectivity index (χ4v) is 1.98. The van der Waals surface area contributed by atoms with Gasteiger partial charge in [-0.25, -0.2) is 4.99 Å². The summed E-state index contributed by atoms with van der Waals surface area (Å²) in [5.74, 6) is 0.0595. The Balaban J connectivity index is 2.52. The van der Waals surface area contributed by atoms with Crippen LogP contribution >= 0.6 is 0 Å². The molecule has 1 aliphatic heterocycles. The van der Waals surface area contributed by atoms with Crippen molar-refractivity contribution in [2.75, 3.05) is 0 Å². The fraction of sp³-hybridized carbons (Fsp3) is 0.0769. The molecule has 0 unspecified atom stereocenters. The molecule has 3 rings (SSSR count). The van der Waals surface area contributed by atoms with Crippen LogP contribution in [0.5, 0.6) is 0 Å². The summed E-state index contributed by atoms with van der Waals surface area (Å²) in [6, 6.07) is 7.76. The van der Waals surface area contributed by atoms with Crippen LogP contribution in [0.15, 0.2) is 52.7 Å². The first kappa shape index (κ1) is 8.36. The van der Waals surface area contributed by atoms with Crippen molar-refractivity contribution in [2.45, 2.75) is 6.92 Å². The van der Waals surface area contributed by atoms with Crippen molar-refractivity contribution in [1.82, 2.24) is 0 Å². The number of ketones is 1. The normalized spacial score (nSPS) is 17.7. The average Bonchev–Trinajstić information content (AvgIpc) is 2.64. The minimum absolute atomic E-state index is 0.0595. The summed E-state index contributed by atoms with van der Waals surface area (Å²) in [5, 5.41) is 1.86. The summed E-state index contributed by atoms with van der Waals surface area (Å²) >= 11 is 0. The van der Waals surface area contributed by atoms with E-state index in [0.29, 0.717) is 0 Å². The van der Waals surface area contributed by atoms with E-state index < -0.39 is 0 Å². The number of allylic oxidation sites excluding steroid dienone is 4. The fourth-order valence-electron chi connectivity index (χ4n) is 1.98. The van der Waals surface area contributed by atoms with E-state index in [9.17, 15) is 4.79 Å². The van der Waals surface area contributed by atoms with Crippen LogP contribution in [-0.2, 0) is 4.79 Å². The first-order valence-corrected chi connectivity index (χ1v) is 4.89. The lowest BCUT2D eigenvalue weighted by Gasteiger charge is -2.07. The van der Waals surface area contributed by atoms with Gasteiger partial charge in [-0.2, -0.15) is 0 Å². The molecule has 2 aliphatic rings. The predicted molar refractivity (Wildman–Crippen MR) is 57.5 cm³/mol. The molecule has 0 bridgehead atoms. The van der Waals surface area contributed by atoms with Crippen LogP contribution in [-0.4, -0.2) is 5.78 Å². The summed E-state index contributed by atoms with van der Waals surface area (Å²) < 4.78 is 0. The molecule has 0 amide bonds. The molecule has 0 radical (unpaired) electrons. The minimum atomic E-state index is 0.0595. The second-order valence-electron chi connectivity index (χ2n) is 3.73. The van der Waals surface area contributed by atoms with Crippen LogP contribution in [0.1, 0.15) is 6.92 Å². The molecule has 1 aliphatic carbocycles. The molecule has 1 aromatic rings. The zero-order valence-corrected chi connectivity index (χ0v) is 8.32. The number of hydrogen-bond acceptors (Lipinski definition) is 2. The predicted octanol–water partition coefficient (Wildman–Crippen LogP) is 0.883. The van der Waals surface area contributed by atoms with E-state index in [4.69, 9.17) is 0 Å². The molecule has 72 valence electrons. The molecule has 0 saturated heterocycles. The highest BCUT2D eigenvalue weighted by molar-refractivity contribution is 6.27. The molecule has 0 N–H and O–H groups in total. The third-order valence-corrected chi connectivity index (χ3v) is 2.75. The molecule has 0 saturated carbocycles. The Morgan fingerprint density at radius 1 is 1.13 bits per heavy atom. The molecule has 0 fully saturated rings. The van der Waals surface area contributed by atoms with Gasteiger partial charge in [0.15, 0.2) is 5.78 Å². The van der Waals surface area contributed by atoms with Crippen molar-refractivity contribution in [3.05, 3.63) is 58.3 Å². The van der Waals surface area contributed by atoms with E-state index in [1.807, 2.05) is 37.3 Å². The highest BCUT2D eigenvalue weighted by Crippen LogP contribution is 2.24. The Hall–Kier alpha value is -1.96. The monoisotopic (exact) mass is 195 g/mol. The van der Waals surface area contributed by atoms with E-state index >= 15 is 0 Å². The Bertz CT molecular complexity index is 647. The molecule has 0 aromatic heterocycles. The molecule has 0 spiro atoms. The molecular formula is C13H9NO. The second kappa shape index (κ2) is 2.76. The van der Waals surface area contributed by atoms with Crippen molar-refractivity contribution >= 4 is 11.4 Å². The maximum atomic E-state index is 11.8. The first-order valence-electron chi connectivity index (χ1n) is 4.89. The molecule has 1 aromatic carbocycles. The van der Waals surface area contributed by atoms with Gasteiger partial charge in [0.2, 0.25) is 0 Å². The second-order valence-corrected chi connectivity index (χ2v) is 3.73. The lowest BCUT2D eigenvalue weighted by atomic mass is 9.97. The first-order chi connectivity index (χ1) is 7.27. The van der Waals surface area contributed by atoms with Crippen LogP contribution in [0.2, 0.25) is 0 Å². The van der Waals surface area contributed by atoms with Gasteiger partial charge in [-0.3, -0.25) is 4.79 Å². The zero-order valence-electron chi connectivity index (χ0n) is 8.32. The van der Waals surface area contributed by atoms with E-state index in [0.717, 1.165) is 27.4 Å². The van der Waals surface area contributed by atoms with Crippen molar-refractivity contribution in [2.24, 2.45) is 4.99 Å². The van der Waals surface area contributed by atoms with Gasteiger partial charge in [0, 0.05) is 5.22 Å². The van der Waals surface area contributed by atoms with E-state index in [2.05, 4.69) is 4.99 Å².